The number of rotatable bonds is 17. The molecule has 0 atom stereocenters. The summed E-state index contributed by atoms with van der Waals surface area (Å²) in [5.41, 5.74) is 4.79. The quantitative estimate of drug-likeness (QED) is 0.0508. The number of benzene rings is 1. The number of nitrogens with one attached hydrogen (secondary N) is 4. The van der Waals surface area contributed by atoms with Crippen molar-refractivity contribution in [3.8, 4) is 0 Å². The summed E-state index contributed by atoms with van der Waals surface area (Å²) in [5.74, 6) is -0.570. The van der Waals surface area contributed by atoms with E-state index in [2.05, 4.69) is 287 Å². The van der Waals surface area contributed by atoms with E-state index >= 15 is 0 Å². The lowest BCUT2D eigenvalue weighted by Crippen LogP contribution is -2.60. The molecule has 7 aliphatic heterocycles. The summed E-state index contributed by atoms with van der Waals surface area (Å²) < 4.78 is 23.0. The molecule has 0 aromatic heterocycles. The minimum Gasteiger partial charge on any atom is -0.462 e. The second-order valence-corrected chi connectivity index (χ2v) is 41.9. The standard InChI is InChI=1S/C28H54N2O3.C15H23N.C14H25NO2.C13H23NO2.C10H21N.C9H19N/c1-25(2)18-22(19-26(3,4)29-25)32-17-15-13-11-9-10-12-14-16-24(31)33-23-20-27(5,6)30-28(7,8)21-23;1-14(2)11-8-12-15(3,4)16(14)13-9-6-5-7-10-13;1-10(2)12(16)17-11-8-13(3,4)15(7)14(5,6)9-11;1-9(2)11(15)16-10-7-12(3,4)14-13(5,6)8-10;1-9(2)7-6-8-10(3,4)11(9)5;1-8(2)6-5-7-9(3,4)10-8/h22-23,29-30H,9-21H2,1-8H3;5-7,9-10H,8,11-12H2,1-4H3;11H,1,8-9H2,2-7H3;10,14H,1,7-8H2,2-6H3;6-8H2,1-5H3;10H,5-7H2,1-4H3. The third-order valence-electron chi connectivity index (χ3n) is 23.1. The van der Waals surface area contributed by atoms with Gasteiger partial charge in [-0.05, 0) is 317 Å². The molecule has 1 aromatic carbocycles. The van der Waals surface area contributed by atoms with Gasteiger partial charge in [0.15, 0.2) is 0 Å². The van der Waals surface area contributed by atoms with Crippen LogP contribution in [0.3, 0.4) is 0 Å². The molecule has 7 fully saturated rings. The summed E-state index contributed by atoms with van der Waals surface area (Å²) in [5, 5.41) is 14.5. The zero-order valence-electron chi connectivity index (χ0n) is 73.2. The van der Waals surface area contributed by atoms with E-state index in [0.29, 0.717) is 45.8 Å². The van der Waals surface area contributed by atoms with Crippen molar-refractivity contribution in [2.24, 2.45) is 0 Å². The Morgan fingerprint density at radius 2 is 0.660 bits per heavy atom. The number of esters is 3. The Labute approximate surface area is 635 Å². The summed E-state index contributed by atoms with van der Waals surface area (Å²) in [6, 6.07) is 10.8. The van der Waals surface area contributed by atoms with Gasteiger partial charge in [0.25, 0.3) is 0 Å². The number of likely N-dealkylation sites (tertiary alicyclic amines) is 2. The van der Waals surface area contributed by atoms with E-state index in [-0.39, 0.29) is 91.6 Å². The van der Waals surface area contributed by atoms with Gasteiger partial charge in [0, 0.05) is 146 Å². The molecule has 0 aliphatic carbocycles. The molecule has 7 aliphatic rings. The molecule has 14 nitrogen and oxygen atoms in total. The van der Waals surface area contributed by atoms with E-state index in [9.17, 15) is 14.4 Å². The van der Waals surface area contributed by atoms with Crippen molar-refractivity contribution in [3.63, 3.8) is 0 Å². The van der Waals surface area contributed by atoms with Crippen molar-refractivity contribution in [2.45, 2.75) is 470 Å². The van der Waals surface area contributed by atoms with Crippen molar-refractivity contribution in [1.82, 2.24) is 31.1 Å². The number of ether oxygens (including phenoxy) is 4. The first-order valence-electron chi connectivity index (χ1n) is 40.6. The molecule has 0 spiro atoms. The van der Waals surface area contributed by atoms with Crippen LogP contribution in [0.4, 0.5) is 5.69 Å². The molecule has 0 radical (unpaired) electrons. The van der Waals surface area contributed by atoms with E-state index in [4.69, 9.17) is 18.9 Å². The van der Waals surface area contributed by atoms with Gasteiger partial charge in [-0.1, -0.05) is 63.5 Å². The van der Waals surface area contributed by atoms with Gasteiger partial charge in [-0.3, -0.25) is 14.6 Å². The van der Waals surface area contributed by atoms with Gasteiger partial charge in [0.2, 0.25) is 0 Å². The van der Waals surface area contributed by atoms with Crippen molar-refractivity contribution in [2.75, 3.05) is 25.6 Å². The molecular weight excluding hydrogens is 1280 g/mol. The van der Waals surface area contributed by atoms with Gasteiger partial charge in [0.05, 0.1) is 6.10 Å². The normalized spacial score (nSPS) is 25.3. The number of carbonyl (C=O) groups is 3. The molecule has 0 unspecified atom stereocenters. The molecule has 14 heteroatoms. The van der Waals surface area contributed by atoms with Crippen LogP contribution in [-0.2, 0) is 33.3 Å². The molecule has 103 heavy (non-hydrogen) atoms. The lowest BCUT2D eigenvalue weighted by atomic mass is 9.79. The second kappa shape index (κ2) is 37.4. The summed E-state index contributed by atoms with van der Waals surface area (Å²) in [7, 11) is 4.38. The van der Waals surface area contributed by atoms with Gasteiger partial charge >= 0.3 is 17.9 Å². The van der Waals surface area contributed by atoms with Crippen LogP contribution in [0.2, 0.25) is 0 Å². The zero-order chi connectivity index (χ0) is 79.1. The molecule has 0 amide bonds. The van der Waals surface area contributed by atoms with Gasteiger partial charge in [-0.25, -0.2) is 9.59 Å². The van der Waals surface area contributed by atoms with Crippen molar-refractivity contribution < 1.29 is 33.3 Å². The van der Waals surface area contributed by atoms with Crippen LogP contribution in [-0.4, -0.2) is 150 Å². The third kappa shape index (κ3) is 33.6. The Bertz CT molecular complexity index is 2690. The van der Waals surface area contributed by atoms with Crippen LogP contribution in [0.1, 0.15) is 368 Å². The lowest BCUT2D eigenvalue weighted by molar-refractivity contribution is -0.155. The van der Waals surface area contributed by atoms with Gasteiger partial charge in [0.1, 0.15) is 18.3 Å². The number of carbonyl (C=O) groups excluding carboxylic acids is 3. The van der Waals surface area contributed by atoms with Crippen LogP contribution >= 0.6 is 0 Å². The first-order valence-corrected chi connectivity index (χ1v) is 40.6. The Morgan fingerprint density at radius 1 is 0.369 bits per heavy atom. The minimum atomic E-state index is -0.279. The van der Waals surface area contributed by atoms with Crippen molar-refractivity contribution in [3.05, 3.63) is 54.6 Å². The topological polar surface area (TPSA) is 146 Å². The smallest absolute Gasteiger partial charge is 0.333 e. The first kappa shape index (κ1) is 93.8. The number of piperidine rings is 7. The Morgan fingerprint density at radius 3 is 1.00 bits per heavy atom. The highest BCUT2D eigenvalue weighted by molar-refractivity contribution is 5.87. The average molecular weight is 1450 g/mol. The fourth-order valence-corrected chi connectivity index (χ4v) is 19.0. The number of hydrogen-bond acceptors (Lipinski definition) is 14. The minimum absolute atomic E-state index is 0.00176. The van der Waals surface area contributed by atoms with E-state index < -0.39 is 0 Å². The largest absolute Gasteiger partial charge is 0.462 e. The third-order valence-corrected chi connectivity index (χ3v) is 23.1. The molecule has 0 saturated carbocycles. The summed E-state index contributed by atoms with van der Waals surface area (Å²) in [4.78, 5) is 42.8. The molecular formula is C89H165N7O7. The molecule has 7 heterocycles. The molecule has 7 saturated heterocycles. The lowest BCUT2D eigenvalue weighted by Gasteiger charge is -2.54. The maximum absolute atomic E-state index is 12.3. The van der Waals surface area contributed by atoms with E-state index in [1.807, 2.05) is 0 Å². The maximum Gasteiger partial charge on any atom is 0.333 e. The molecule has 4 N–H and O–H groups in total. The van der Waals surface area contributed by atoms with Gasteiger partial charge in [-0.2, -0.15) is 0 Å². The summed E-state index contributed by atoms with van der Waals surface area (Å²) in [6.45, 7) is 74.6. The number of anilines is 1. The zero-order valence-corrected chi connectivity index (χ0v) is 73.2. The second-order valence-electron chi connectivity index (χ2n) is 41.9. The number of nitrogens with zero attached hydrogens (tertiary/aromatic N) is 3. The van der Waals surface area contributed by atoms with Gasteiger partial charge < -0.3 is 45.1 Å². The average Bonchev–Trinajstić information content (AvgIpc) is 0.770. The highest BCUT2D eigenvalue weighted by Gasteiger charge is 2.47. The summed E-state index contributed by atoms with van der Waals surface area (Å²) >= 11 is 0. The number of para-hydroxylation sites is 1. The van der Waals surface area contributed by atoms with Crippen molar-refractivity contribution in [1.29, 1.82) is 0 Å². The molecule has 0 bridgehead atoms. The highest BCUT2D eigenvalue weighted by atomic mass is 16.6. The summed E-state index contributed by atoms with van der Waals surface area (Å²) in [6.07, 6.45) is 28.4. The highest BCUT2D eigenvalue weighted by Crippen LogP contribution is 2.43. The molecule has 8 rings (SSSR count). The van der Waals surface area contributed by atoms with Crippen LogP contribution in [0.25, 0.3) is 0 Å². The van der Waals surface area contributed by atoms with E-state index in [1.54, 1.807) is 13.8 Å². The van der Waals surface area contributed by atoms with E-state index in [0.717, 1.165) is 77.2 Å². The number of unbranched alkanes of at least 4 members (excludes halogenated alkanes) is 6. The Balaban J connectivity index is 0.000000339. The fourth-order valence-electron chi connectivity index (χ4n) is 19.0. The molecule has 598 valence electrons. The maximum atomic E-state index is 12.3. The predicted molar refractivity (Wildman–Crippen MR) is 439 cm³/mol. The van der Waals surface area contributed by atoms with Crippen LogP contribution in [0.5, 0.6) is 0 Å². The Kier molecular flexibility index (Phi) is 34.0. The van der Waals surface area contributed by atoms with Crippen LogP contribution in [0, 0.1) is 0 Å². The SMILES string of the molecule is C=C(C)C(=O)OC1CC(C)(C)N(C)C(C)(C)C1.C=C(C)C(=O)OC1CC(C)(C)NC(C)(C)C1.CC1(C)CC(OCCCCCCCCCC(=O)OC2CC(C)(C)NC(C)(C)C2)CC(C)(C)N1.CC1(C)CCCC(C)(C)N1.CC1(C)CCCC(C)(C)N1c1ccccc1.CN1C(C)(C)CCCC1(C)C. The van der Waals surface area contributed by atoms with Gasteiger partial charge in [-0.15, -0.1) is 0 Å². The van der Waals surface area contributed by atoms with Crippen LogP contribution < -0.4 is 26.2 Å². The van der Waals surface area contributed by atoms with Crippen molar-refractivity contribution >= 4 is 23.6 Å². The van der Waals surface area contributed by atoms with Crippen LogP contribution in [0.15, 0.2) is 54.6 Å². The van der Waals surface area contributed by atoms with E-state index in [1.165, 1.54) is 89.2 Å². The number of hydrogen-bond donors (Lipinski definition) is 4. The predicted octanol–water partition coefficient (Wildman–Crippen LogP) is 20.7. The fraction of sp³-hybridized carbons (Fsp3) is 0.854. The Hall–Kier alpha value is -3.37. The first-order chi connectivity index (χ1) is 46.6. The monoisotopic (exact) mass is 1440 g/mol. The molecule has 1 aromatic rings.